The van der Waals surface area contributed by atoms with E-state index in [0.29, 0.717) is 23.4 Å². The number of H-pyrrole nitrogens is 1. The molecule has 2 aromatic carbocycles. The Morgan fingerprint density at radius 1 is 1.09 bits per heavy atom. The normalized spacial score (nSPS) is 14.1. The molecule has 1 aliphatic heterocycles. The molecule has 0 aliphatic carbocycles. The second kappa shape index (κ2) is 8.55. The van der Waals surface area contributed by atoms with Crippen molar-refractivity contribution in [3.8, 4) is 0 Å². The fourth-order valence-corrected chi connectivity index (χ4v) is 5.91. The smallest absolute Gasteiger partial charge is 0.335 e. The van der Waals surface area contributed by atoms with Gasteiger partial charge in [0.1, 0.15) is 4.90 Å². The van der Waals surface area contributed by atoms with Crippen molar-refractivity contribution >= 4 is 50.8 Å². The average molecular weight is 495 g/mol. The molecule has 0 atom stereocenters. The van der Waals surface area contributed by atoms with Gasteiger partial charge in [-0.05, 0) is 36.4 Å². The van der Waals surface area contributed by atoms with Crippen LogP contribution in [0.2, 0.25) is 10.0 Å². The number of aromatic carboxylic acids is 1. The summed E-state index contributed by atoms with van der Waals surface area (Å²) >= 11 is 12.2. The van der Waals surface area contributed by atoms with Gasteiger partial charge in [0.15, 0.2) is 5.69 Å². The summed E-state index contributed by atoms with van der Waals surface area (Å²) in [4.78, 5) is 23.6. The van der Waals surface area contributed by atoms with E-state index in [-0.39, 0.29) is 39.3 Å². The molecule has 0 unspecified atom stereocenters. The number of hydrogen-bond acceptors (Lipinski definition) is 5. The molecule has 1 aliphatic rings. The molecule has 0 saturated carbocycles. The number of halogens is 2. The molecule has 0 spiro atoms. The van der Waals surface area contributed by atoms with Crippen LogP contribution in [0.1, 0.15) is 32.1 Å². The molecule has 166 valence electrons. The van der Waals surface area contributed by atoms with E-state index in [9.17, 15) is 18.0 Å². The molecule has 9 nitrogen and oxygen atoms in total. The maximum absolute atomic E-state index is 13.2. The molecular weight excluding hydrogens is 479 g/mol. The van der Waals surface area contributed by atoms with Gasteiger partial charge in [-0.3, -0.25) is 9.89 Å². The van der Waals surface area contributed by atoms with Crippen LogP contribution in [0.3, 0.4) is 0 Å². The molecule has 32 heavy (non-hydrogen) atoms. The number of benzene rings is 2. The topological polar surface area (TPSA) is 132 Å². The van der Waals surface area contributed by atoms with E-state index in [0.717, 1.165) is 0 Å². The highest BCUT2D eigenvalue weighted by atomic mass is 35.5. The monoisotopic (exact) mass is 494 g/mol. The van der Waals surface area contributed by atoms with Crippen molar-refractivity contribution in [2.24, 2.45) is 0 Å². The highest BCUT2D eigenvalue weighted by molar-refractivity contribution is 7.89. The number of nitrogens with zero attached hydrogens (tertiary/aromatic N) is 2. The Labute approximate surface area is 193 Å². The third-order valence-electron chi connectivity index (χ3n) is 5.02. The van der Waals surface area contributed by atoms with Crippen LogP contribution in [0.25, 0.3) is 0 Å². The van der Waals surface area contributed by atoms with Crippen LogP contribution in [-0.2, 0) is 23.0 Å². The number of aromatic nitrogens is 2. The number of amides is 1. The highest BCUT2D eigenvalue weighted by Gasteiger charge is 2.34. The Balaban J connectivity index is 1.59. The van der Waals surface area contributed by atoms with Gasteiger partial charge in [-0.1, -0.05) is 29.3 Å². The van der Waals surface area contributed by atoms with Crippen molar-refractivity contribution in [3.63, 3.8) is 0 Å². The first-order valence-electron chi connectivity index (χ1n) is 9.33. The van der Waals surface area contributed by atoms with E-state index in [1.54, 1.807) is 6.07 Å². The Morgan fingerprint density at radius 2 is 1.75 bits per heavy atom. The molecule has 3 N–H and O–H groups in total. The number of fused-ring (bicyclic) bond motifs is 1. The molecule has 1 amide bonds. The minimum atomic E-state index is -4.02. The van der Waals surface area contributed by atoms with E-state index in [2.05, 4.69) is 15.5 Å². The van der Waals surface area contributed by atoms with Crippen LogP contribution in [-0.4, -0.2) is 46.4 Å². The average Bonchev–Trinajstić information content (AvgIpc) is 3.17. The molecule has 12 heteroatoms. The summed E-state index contributed by atoms with van der Waals surface area (Å²) in [6.07, 6.45) is 0.324. The quantitative estimate of drug-likeness (QED) is 0.497. The molecule has 1 aromatic heterocycles. The lowest BCUT2D eigenvalue weighted by Crippen LogP contribution is -2.36. The van der Waals surface area contributed by atoms with Crippen LogP contribution in [0.15, 0.2) is 47.4 Å². The number of hydrogen-bond donors (Lipinski definition) is 3. The van der Waals surface area contributed by atoms with Crippen molar-refractivity contribution in [1.29, 1.82) is 0 Å². The Bertz CT molecular complexity index is 1300. The largest absolute Gasteiger partial charge is 0.478 e. The minimum absolute atomic E-state index is 0.0123. The summed E-state index contributed by atoms with van der Waals surface area (Å²) in [7, 11) is -4.02. The third kappa shape index (κ3) is 4.09. The lowest BCUT2D eigenvalue weighted by molar-refractivity contribution is 0.0696. The zero-order valence-electron chi connectivity index (χ0n) is 16.3. The Kier molecular flexibility index (Phi) is 5.95. The van der Waals surface area contributed by atoms with Gasteiger partial charge in [0.25, 0.3) is 5.91 Å². The van der Waals surface area contributed by atoms with Gasteiger partial charge in [0, 0.05) is 36.5 Å². The van der Waals surface area contributed by atoms with Crippen molar-refractivity contribution < 1.29 is 23.1 Å². The molecular formula is C20H16Cl2N4O5S. The zero-order valence-corrected chi connectivity index (χ0v) is 18.6. The molecule has 0 fully saturated rings. The summed E-state index contributed by atoms with van der Waals surface area (Å²) < 4.78 is 27.6. The lowest BCUT2D eigenvalue weighted by atomic mass is 10.1. The van der Waals surface area contributed by atoms with Gasteiger partial charge >= 0.3 is 5.97 Å². The Hall–Kier alpha value is -2.92. The molecule has 3 aromatic rings. The number of nitrogens with one attached hydrogen (secondary N) is 2. The van der Waals surface area contributed by atoms with Crippen molar-refractivity contribution in [2.75, 3.05) is 11.9 Å². The predicted molar refractivity (Wildman–Crippen MR) is 118 cm³/mol. The number of carbonyl (C=O) groups is 2. The van der Waals surface area contributed by atoms with E-state index in [1.807, 2.05) is 0 Å². The van der Waals surface area contributed by atoms with E-state index < -0.39 is 21.9 Å². The lowest BCUT2D eigenvalue weighted by Gasteiger charge is -2.27. The molecule has 4 rings (SSSR count). The van der Waals surface area contributed by atoms with E-state index in [4.69, 9.17) is 28.3 Å². The summed E-state index contributed by atoms with van der Waals surface area (Å²) in [5.74, 6) is -1.63. The zero-order chi connectivity index (χ0) is 23.0. The minimum Gasteiger partial charge on any atom is -0.478 e. The number of carboxylic acids is 1. The standard InChI is InChI=1S/C20H16Cl2N4O5S/c21-14-2-1-3-15(22)18(14)32(30,31)26-9-8-16-13(10-26)17(25-24-16)19(27)23-12-6-4-11(5-7-12)20(28)29/h1-7H,8-10H2,(H,23,27)(H,24,25)(H,28,29). The number of sulfonamides is 1. The summed E-state index contributed by atoms with van der Waals surface area (Å²) in [5, 5.41) is 18.5. The number of carbonyl (C=O) groups excluding carboxylic acids is 1. The molecule has 0 saturated heterocycles. The second-order valence-corrected chi connectivity index (χ2v) is 9.69. The van der Waals surface area contributed by atoms with Crippen LogP contribution >= 0.6 is 23.2 Å². The number of carboxylic acid groups (broad SMARTS) is 1. The van der Waals surface area contributed by atoms with Crippen LogP contribution in [0, 0.1) is 0 Å². The SMILES string of the molecule is O=C(O)c1ccc(NC(=O)c2n[nH]c3c2CN(S(=O)(=O)c2c(Cl)cccc2Cl)CC3)cc1. The van der Waals surface area contributed by atoms with Gasteiger partial charge in [-0.15, -0.1) is 0 Å². The fourth-order valence-electron chi connectivity index (χ4n) is 3.41. The second-order valence-electron chi connectivity index (χ2n) is 7.01. The predicted octanol–water partition coefficient (Wildman–Crippen LogP) is 3.41. The maximum Gasteiger partial charge on any atom is 0.335 e. The summed E-state index contributed by atoms with van der Waals surface area (Å²) in [6, 6.07) is 10.1. The Morgan fingerprint density at radius 3 is 2.38 bits per heavy atom. The van der Waals surface area contributed by atoms with Crippen LogP contribution in [0.4, 0.5) is 5.69 Å². The van der Waals surface area contributed by atoms with Gasteiger partial charge < -0.3 is 10.4 Å². The number of anilines is 1. The molecule has 0 bridgehead atoms. The van der Waals surface area contributed by atoms with Crippen molar-refractivity contribution in [1.82, 2.24) is 14.5 Å². The van der Waals surface area contributed by atoms with Crippen LogP contribution < -0.4 is 5.32 Å². The maximum atomic E-state index is 13.2. The first-order chi connectivity index (χ1) is 15.2. The summed E-state index contributed by atoms with van der Waals surface area (Å²) in [6.45, 7) is 0.0766. The van der Waals surface area contributed by atoms with Crippen molar-refractivity contribution in [3.05, 3.63) is 75.0 Å². The first kappa shape index (κ1) is 22.3. The first-order valence-corrected chi connectivity index (χ1v) is 11.5. The molecule has 0 radical (unpaired) electrons. The fraction of sp³-hybridized carbons (Fsp3) is 0.150. The van der Waals surface area contributed by atoms with Gasteiger partial charge in [-0.25, -0.2) is 13.2 Å². The number of rotatable bonds is 5. The van der Waals surface area contributed by atoms with E-state index in [1.165, 1.54) is 40.7 Å². The molecule has 2 heterocycles. The third-order valence-corrected chi connectivity index (χ3v) is 7.82. The summed E-state index contributed by atoms with van der Waals surface area (Å²) in [5.41, 5.74) is 1.61. The van der Waals surface area contributed by atoms with Crippen LogP contribution in [0.5, 0.6) is 0 Å². The van der Waals surface area contributed by atoms with Gasteiger partial charge in [0.2, 0.25) is 10.0 Å². The van der Waals surface area contributed by atoms with Crippen molar-refractivity contribution in [2.45, 2.75) is 17.9 Å². The highest BCUT2D eigenvalue weighted by Crippen LogP contribution is 2.34. The number of aromatic amines is 1. The van der Waals surface area contributed by atoms with E-state index >= 15 is 0 Å². The van der Waals surface area contributed by atoms with Gasteiger partial charge in [0.05, 0.1) is 15.6 Å². The van der Waals surface area contributed by atoms with Gasteiger partial charge in [-0.2, -0.15) is 9.40 Å².